The number of hydrogen-bond donors (Lipinski definition) is 1. The van der Waals surface area contributed by atoms with Gasteiger partial charge in [-0.2, -0.15) is 0 Å². The lowest BCUT2D eigenvalue weighted by Gasteiger charge is -2.15. The van der Waals surface area contributed by atoms with Crippen LogP contribution in [0.3, 0.4) is 0 Å². The first kappa shape index (κ1) is 12.4. The highest BCUT2D eigenvalue weighted by atomic mass is 35.5. The Labute approximate surface area is 106 Å². The SMILES string of the molecule is O=C(CCl)N1CC(CO)C(c2ccccc2)C1. The van der Waals surface area contributed by atoms with E-state index >= 15 is 0 Å². The van der Waals surface area contributed by atoms with E-state index in [1.54, 1.807) is 4.90 Å². The van der Waals surface area contributed by atoms with Crippen LogP contribution in [0.25, 0.3) is 0 Å². The minimum atomic E-state index is -0.0523. The van der Waals surface area contributed by atoms with Gasteiger partial charge < -0.3 is 10.0 Å². The van der Waals surface area contributed by atoms with Gasteiger partial charge in [0.15, 0.2) is 0 Å². The standard InChI is InChI=1S/C13H16ClNO2/c14-6-13(17)15-7-11(9-16)12(8-15)10-4-2-1-3-5-10/h1-5,11-12,16H,6-9H2. The molecule has 1 aromatic carbocycles. The van der Waals surface area contributed by atoms with E-state index in [0.717, 1.165) is 0 Å². The van der Waals surface area contributed by atoms with Gasteiger partial charge in [-0.3, -0.25) is 4.79 Å². The molecular weight excluding hydrogens is 238 g/mol. The zero-order valence-electron chi connectivity index (χ0n) is 9.55. The smallest absolute Gasteiger partial charge is 0.237 e. The van der Waals surface area contributed by atoms with Crippen LogP contribution in [-0.4, -0.2) is 41.5 Å². The number of likely N-dealkylation sites (tertiary alicyclic amines) is 1. The molecule has 0 radical (unpaired) electrons. The zero-order valence-corrected chi connectivity index (χ0v) is 10.3. The quantitative estimate of drug-likeness (QED) is 0.829. The fourth-order valence-electron chi connectivity index (χ4n) is 2.42. The van der Waals surface area contributed by atoms with E-state index in [1.807, 2.05) is 30.3 Å². The van der Waals surface area contributed by atoms with Gasteiger partial charge in [0.05, 0.1) is 0 Å². The van der Waals surface area contributed by atoms with E-state index in [2.05, 4.69) is 0 Å². The molecule has 1 heterocycles. The van der Waals surface area contributed by atoms with Crippen molar-refractivity contribution in [3.05, 3.63) is 35.9 Å². The molecule has 1 aliphatic heterocycles. The number of aliphatic hydroxyl groups excluding tert-OH is 1. The number of alkyl halides is 1. The molecule has 1 N–H and O–H groups in total. The van der Waals surface area contributed by atoms with Gasteiger partial charge in [-0.25, -0.2) is 0 Å². The summed E-state index contributed by atoms with van der Waals surface area (Å²) in [5.41, 5.74) is 1.18. The van der Waals surface area contributed by atoms with Gasteiger partial charge in [-0.1, -0.05) is 30.3 Å². The fourth-order valence-corrected chi connectivity index (χ4v) is 2.59. The van der Waals surface area contributed by atoms with Crippen molar-refractivity contribution in [1.29, 1.82) is 0 Å². The summed E-state index contributed by atoms with van der Waals surface area (Å²) >= 11 is 5.56. The van der Waals surface area contributed by atoms with Crippen LogP contribution >= 0.6 is 11.6 Å². The van der Waals surface area contributed by atoms with Crippen molar-refractivity contribution in [3.63, 3.8) is 0 Å². The molecule has 1 saturated heterocycles. The topological polar surface area (TPSA) is 40.5 Å². The molecule has 0 aliphatic carbocycles. The number of hydrogen-bond acceptors (Lipinski definition) is 2. The lowest BCUT2D eigenvalue weighted by molar-refractivity contribution is -0.127. The molecule has 0 saturated carbocycles. The van der Waals surface area contributed by atoms with E-state index in [-0.39, 0.29) is 30.2 Å². The van der Waals surface area contributed by atoms with Crippen molar-refractivity contribution in [2.45, 2.75) is 5.92 Å². The predicted molar refractivity (Wildman–Crippen MR) is 67.1 cm³/mol. The summed E-state index contributed by atoms with van der Waals surface area (Å²) in [5, 5.41) is 9.40. The average molecular weight is 254 g/mol. The van der Waals surface area contributed by atoms with Crippen LogP contribution in [-0.2, 0) is 4.79 Å². The summed E-state index contributed by atoms with van der Waals surface area (Å²) in [6.45, 7) is 1.36. The molecule has 0 spiro atoms. The number of aliphatic hydroxyl groups is 1. The number of benzene rings is 1. The predicted octanol–water partition coefficient (Wildman–Crippen LogP) is 1.46. The van der Waals surface area contributed by atoms with Gasteiger partial charge in [0, 0.05) is 31.5 Å². The Morgan fingerprint density at radius 2 is 2.06 bits per heavy atom. The second-order valence-corrected chi connectivity index (χ2v) is 4.66. The van der Waals surface area contributed by atoms with Crippen molar-refractivity contribution in [2.24, 2.45) is 5.92 Å². The van der Waals surface area contributed by atoms with Gasteiger partial charge in [0.2, 0.25) is 5.91 Å². The highest BCUT2D eigenvalue weighted by Gasteiger charge is 2.35. The largest absolute Gasteiger partial charge is 0.396 e. The monoisotopic (exact) mass is 253 g/mol. The van der Waals surface area contributed by atoms with Crippen molar-refractivity contribution in [1.82, 2.24) is 4.90 Å². The van der Waals surface area contributed by atoms with Crippen molar-refractivity contribution in [3.8, 4) is 0 Å². The Morgan fingerprint density at radius 3 is 2.65 bits per heavy atom. The molecule has 1 fully saturated rings. The third-order valence-corrected chi connectivity index (χ3v) is 3.60. The molecule has 92 valence electrons. The first-order valence-corrected chi connectivity index (χ1v) is 6.29. The van der Waals surface area contributed by atoms with E-state index < -0.39 is 0 Å². The minimum Gasteiger partial charge on any atom is -0.396 e. The number of carbonyl (C=O) groups is 1. The van der Waals surface area contributed by atoms with E-state index in [4.69, 9.17) is 11.6 Å². The Balaban J connectivity index is 2.15. The Hall–Kier alpha value is -1.06. The molecule has 0 aromatic heterocycles. The number of nitrogens with zero attached hydrogens (tertiary/aromatic N) is 1. The van der Waals surface area contributed by atoms with E-state index in [9.17, 15) is 9.90 Å². The summed E-state index contributed by atoms with van der Waals surface area (Å²) in [6, 6.07) is 10.0. The van der Waals surface area contributed by atoms with E-state index in [0.29, 0.717) is 13.1 Å². The lowest BCUT2D eigenvalue weighted by Crippen LogP contribution is -2.30. The van der Waals surface area contributed by atoms with Crippen LogP contribution in [0, 0.1) is 5.92 Å². The third kappa shape index (κ3) is 2.61. The van der Waals surface area contributed by atoms with Crippen LogP contribution in [0.1, 0.15) is 11.5 Å². The highest BCUT2D eigenvalue weighted by molar-refractivity contribution is 6.27. The van der Waals surface area contributed by atoms with Gasteiger partial charge in [0.1, 0.15) is 5.88 Å². The maximum atomic E-state index is 11.6. The van der Waals surface area contributed by atoms with E-state index in [1.165, 1.54) is 5.56 Å². The van der Waals surface area contributed by atoms with Gasteiger partial charge in [-0.15, -0.1) is 11.6 Å². The number of rotatable bonds is 3. The Kier molecular flexibility index (Phi) is 4.02. The third-order valence-electron chi connectivity index (χ3n) is 3.37. The van der Waals surface area contributed by atoms with Gasteiger partial charge in [0.25, 0.3) is 0 Å². The summed E-state index contributed by atoms with van der Waals surface area (Å²) in [7, 11) is 0. The van der Waals surface area contributed by atoms with Crippen LogP contribution in [0.4, 0.5) is 0 Å². The maximum absolute atomic E-state index is 11.6. The second kappa shape index (κ2) is 5.52. The molecule has 2 unspecified atom stereocenters. The molecule has 1 amide bonds. The normalized spacial score (nSPS) is 24.0. The average Bonchev–Trinajstić information content (AvgIpc) is 2.83. The molecule has 17 heavy (non-hydrogen) atoms. The van der Waals surface area contributed by atoms with Crippen molar-refractivity contribution in [2.75, 3.05) is 25.6 Å². The minimum absolute atomic E-state index is 0.0135. The second-order valence-electron chi connectivity index (χ2n) is 4.39. The maximum Gasteiger partial charge on any atom is 0.237 e. The Bertz CT molecular complexity index is 382. The molecule has 2 rings (SSSR count). The van der Waals surface area contributed by atoms with Gasteiger partial charge >= 0.3 is 0 Å². The van der Waals surface area contributed by atoms with Crippen LogP contribution in [0.15, 0.2) is 30.3 Å². The molecule has 0 bridgehead atoms. The van der Waals surface area contributed by atoms with Crippen molar-refractivity contribution < 1.29 is 9.90 Å². The molecule has 1 aliphatic rings. The fraction of sp³-hybridized carbons (Fsp3) is 0.462. The van der Waals surface area contributed by atoms with Crippen molar-refractivity contribution >= 4 is 17.5 Å². The summed E-state index contributed by atoms with van der Waals surface area (Å²) in [5.74, 6) is 0.293. The summed E-state index contributed by atoms with van der Waals surface area (Å²) < 4.78 is 0. The summed E-state index contributed by atoms with van der Waals surface area (Å²) in [6.07, 6.45) is 0. The Morgan fingerprint density at radius 1 is 1.35 bits per heavy atom. The first-order chi connectivity index (χ1) is 8.26. The van der Waals surface area contributed by atoms with Crippen LogP contribution < -0.4 is 0 Å². The molecule has 1 aromatic rings. The lowest BCUT2D eigenvalue weighted by atomic mass is 9.90. The van der Waals surface area contributed by atoms with Crippen LogP contribution in [0.2, 0.25) is 0 Å². The molecule has 4 heteroatoms. The number of halogens is 1. The van der Waals surface area contributed by atoms with Gasteiger partial charge in [-0.05, 0) is 5.56 Å². The highest BCUT2D eigenvalue weighted by Crippen LogP contribution is 2.32. The zero-order chi connectivity index (χ0) is 12.3. The first-order valence-electron chi connectivity index (χ1n) is 5.75. The van der Waals surface area contributed by atoms with Crippen LogP contribution in [0.5, 0.6) is 0 Å². The summed E-state index contributed by atoms with van der Waals surface area (Å²) in [4.78, 5) is 13.3. The molecular formula is C13H16ClNO2. The number of carbonyl (C=O) groups excluding carboxylic acids is 1. The molecule has 2 atom stereocenters. The number of amides is 1. The molecule has 3 nitrogen and oxygen atoms in total.